The van der Waals surface area contributed by atoms with Gasteiger partial charge in [-0.15, -0.1) is 0 Å². The van der Waals surface area contributed by atoms with Gasteiger partial charge in [-0.25, -0.2) is 0 Å². The van der Waals surface area contributed by atoms with E-state index in [2.05, 4.69) is 0 Å². The highest BCUT2D eigenvalue weighted by Gasteiger charge is 2.34. The molecular formula is C17H11Cl3F3NO3. The fraction of sp³-hybridized carbons (Fsp3) is 0.176. The lowest BCUT2D eigenvalue weighted by atomic mass is 10.1. The van der Waals surface area contributed by atoms with Crippen LogP contribution in [0.3, 0.4) is 0 Å². The summed E-state index contributed by atoms with van der Waals surface area (Å²) in [4.78, 5) is 23.6. The van der Waals surface area contributed by atoms with Crippen LogP contribution < -0.4 is 5.32 Å². The Balaban J connectivity index is 1.97. The Hall–Kier alpha value is -1.96. The summed E-state index contributed by atoms with van der Waals surface area (Å²) in [5.74, 6) is -1.73. The van der Waals surface area contributed by atoms with Crippen molar-refractivity contribution in [2.24, 2.45) is 0 Å². The van der Waals surface area contributed by atoms with E-state index in [-0.39, 0.29) is 16.5 Å². The van der Waals surface area contributed by atoms with Gasteiger partial charge in [-0.2, -0.15) is 13.2 Å². The van der Waals surface area contributed by atoms with E-state index in [1.165, 1.54) is 18.2 Å². The first-order valence-corrected chi connectivity index (χ1v) is 8.46. The summed E-state index contributed by atoms with van der Waals surface area (Å²) in [5.41, 5.74) is -1.21. The smallest absolute Gasteiger partial charge is 0.418 e. The highest BCUT2D eigenvalue weighted by Crippen LogP contribution is 2.38. The predicted octanol–water partition coefficient (Wildman–Crippen LogP) is 5.39. The van der Waals surface area contributed by atoms with Gasteiger partial charge in [-0.1, -0.05) is 46.9 Å². The summed E-state index contributed by atoms with van der Waals surface area (Å²) in [5, 5.41) is 2.28. The number of hydrogen-bond acceptors (Lipinski definition) is 3. The van der Waals surface area contributed by atoms with Gasteiger partial charge in [0, 0.05) is 0 Å². The van der Waals surface area contributed by atoms with Crippen molar-refractivity contribution in [3.63, 3.8) is 0 Å². The Morgan fingerprint density at radius 2 is 1.70 bits per heavy atom. The van der Waals surface area contributed by atoms with Gasteiger partial charge in [0.05, 0.1) is 32.7 Å². The summed E-state index contributed by atoms with van der Waals surface area (Å²) in [6.45, 7) is -0.775. The summed E-state index contributed by atoms with van der Waals surface area (Å²) >= 11 is 17.3. The largest absolute Gasteiger partial charge is 0.455 e. The number of benzene rings is 2. The maximum absolute atomic E-state index is 13.0. The van der Waals surface area contributed by atoms with E-state index >= 15 is 0 Å². The lowest BCUT2D eigenvalue weighted by molar-refractivity contribution is -0.146. The minimum atomic E-state index is -4.71. The molecule has 2 aromatic carbocycles. The molecule has 0 aliphatic carbocycles. The average Bonchev–Trinajstić information content (AvgIpc) is 2.57. The second-order valence-electron chi connectivity index (χ2n) is 5.29. The van der Waals surface area contributed by atoms with Crippen molar-refractivity contribution in [3.8, 4) is 0 Å². The Bertz CT molecular complexity index is 872. The highest BCUT2D eigenvalue weighted by atomic mass is 35.5. The van der Waals surface area contributed by atoms with Crippen LogP contribution in [0.4, 0.5) is 18.9 Å². The number of anilines is 1. The number of amides is 1. The molecule has 0 aliphatic rings. The zero-order valence-electron chi connectivity index (χ0n) is 13.4. The zero-order chi connectivity index (χ0) is 20.2. The number of carbonyl (C=O) groups is 2. The molecule has 0 radical (unpaired) electrons. The Morgan fingerprint density at radius 1 is 1.00 bits per heavy atom. The topological polar surface area (TPSA) is 55.4 Å². The second-order valence-corrected chi connectivity index (χ2v) is 6.52. The maximum Gasteiger partial charge on any atom is 0.418 e. The van der Waals surface area contributed by atoms with Crippen LogP contribution in [0.1, 0.15) is 11.1 Å². The minimum Gasteiger partial charge on any atom is -0.455 e. The van der Waals surface area contributed by atoms with E-state index < -0.39 is 35.9 Å². The molecule has 0 bridgehead atoms. The molecular weight excluding hydrogens is 430 g/mol. The number of rotatable bonds is 5. The number of halogens is 6. The Kier molecular flexibility index (Phi) is 6.97. The van der Waals surface area contributed by atoms with Gasteiger partial charge in [0.2, 0.25) is 0 Å². The predicted molar refractivity (Wildman–Crippen MR) is 96.2 cm³/mol. The Morgan fingerprint density at radius 3 is 2.33 bits per heavy atom. The lowest BCUT2D eigenvalue weighted by Crippen LogP contribution is -2.23. The first-order valence-electron chi connectivity index (χ1n) is 7.33. The van der Waals surface area contributed by atoms with Crippen molar-refractivity contribution in [2.75, 3.05) is 11.9 Å². The molecule has 0 heterocycles. The molecule has 1 amide bonds. The summed E-state index contributed by atoms with van der Waals surface area (Å²) in [7, 11) is 0. The average molecular weight is 441 g/mol. The molecule has 2 aromatic rings. The molecule has 1 N–H and O–H groups in total. The summed E-state index contributed by atoms with van der Waals surface area (Å²) < 4.78 is 43.7. The number of carbonyl (C=O) groups excluding carboxylic acids is 2. The van der Waals surface area contributed by atoms with Crippen molar-refractivity contribution in [3.05, 3.63) is 62.6 Å². The van der Waals surface area contributed by atoms with E-state index in [1.807, 2.05) is 5.32 Å². The minimum absolute atomic E-state index is 0.190. The van der Waals surface area contributed by atoms with Crippen molar-refractivity contribution < 1.29 is 27.5 Å². The van der Waals surface area contributed by atoms with E-state index in [0.29, 0.717) is 10.6 Å². The molecule has 144 valence electrons. The molecule has 2 rings (SSSR count). The van der Waals surface area contributed by atoms with Crippen LogP contribution in [0.5, 0.6) is 0 Å². The molecule has 10 heteroatoms. The number of alkyl halides is 3. The zero-order valence-corrected chi connectivity index (χ0v) is 15.6. The molecule has 0 aromatic heterocycles. The monoisotopic (exact) mass is 439 g/mol. The van der Waals surface area contributed by atoms with Crippen LogP contribution in [0.15, 0.2) is 36.4 Å². The lowest BCUT2D eigenvalue weighted by Gasteiger charge is -2.15. The third-order valence-electron chi connectivity index (χ3n) is 3.28. The van der Waals surface area contributed by atoms with Crippen LogP contribution >= 0.6 is 34.8 Å². The molecule has 0 spiro atoms. The van der Waals surface area contributed by atoms with Gasteiger partial charge in [0.25, 0.3) is 5.91 Å². The standard InChI is InChI=1S/C17H11Cl3F3NO3/c18-11-5-4-9(6-13(11)20)7-15(26)27-8-14(25)24-16-10(17(21,22)23)2-1-3-12(16)19/h1-6H,7-8H2,(H,24,25). The molecule has 0 saturated carbocycles. The number of esters is 1. The van der Waals surface area contributed by atoms with Crippen LogP contribution in [-0.4, -0.2) is 18.5 Å². The second kappa shape index (κ2) is 8.82. The fourth-order valence-electron chi connectivity index (χ4n) is 2.08. The van der Waals surface area contributed by atoms with Gasteiger partial charge in [0.15, 0.2) is 6.61 Å². The number of ether oxygens (including phenoxy) is 1. The van der Waals surface area contributed by atoms with Crippen molar-refractivity contribution in [1.82, 2.24) is 0 Å². The molecule has 0 fully saturated rings. The van der Waals surface area contributed by atoms with Gasteiger partial charge >= 0.3 is 12.1 Å². The van der Waals surface area contributed by atoms with E-state index in [0.717, 1.165) is 12.1 Å². The maximum atomic E-state index is 13.0. The molecule has 0 atom stereocenters. The first kappa shape index (κ1) is 21.3. The van der Waals surface area contributed by atoms with Gasteiger partial charge in [-0.05, 0) is 29.8 Å². The van der Waals surface area contributed by atoms with E-state index in [1.54, 1.807) is 6.07 Å². The van der Waals surface area contributed by atoms with E-state index in [4.69, 9.17) is 39.5 Å². The van der Waals surface area contributed by atoms with Crippen LogP contribution in [0, 0.1) is 0 Å². The normalized spacial score (nSPS) is 11.2. The van der Waals surface area contributed by atoms with Gasteiger partial charge in [-0.3, -0.25) is 9.59 Å². The van der Waals surface area contributed by atoms with Crippen LogP contribution in [0.2, 0.25) is 15.1 Å². The van der Waals surface area contributed by atoms with E-state index in [9.17, 15) is 22.8 Å². The molecule has 0 aliphatic heterocycles. The molecule has 0 unspecified atom stereocenters. The van der Waals surface area contributed by atoms with Gasteiger partial charge in [0.1, 0.15) is 0 Å². The Labute approximate surface area is 167 Å². The molecule has 0 saturated heterocycles. The first-order chi connectivity index (χ1) is 12.6. The third kappa shape index (κ3) is 6.02. The number of nitrogens with one attached hydrogen (secondary N) is 1. The van der Waals surface area contributed by atoms with Crippen molar-refractivity contribution in [1.29, 1.82) is 0 Å². The number of hydrogen-bond donors (Lipinski definition) is 1. The highest BCUT2D eigenvalue weighted by molar-refractivity contribution is 6.42. The SMILES string of the molecule is O=C(COC(=O)Cc1ccc(Cl)c(Cl)c1)Nc1c(Cl)cccc1C(F)(F)F. The summed E-state index contributed by atoms with van der Waals surface area (Å²) in [6, 6.07) is 7.59. The quantitative estimate of drug-likeness (QED) is 0.634. The third-order valence-corrected chi connectivity index (χ3v) is 4.33. The number of para-hydroxylation sites is 1. The summed E-state index contributed by atoms with van der Waals surface area (Å²) in [6.07, 6.45) is -4.90. The van der Waals surface area contributed by atoms with Crippen LogP contribution in [-0.2, 0) is 26.9 Å². The van der Waals surface area contributed by atoms with Crippen molar-refractivity contribution in [2.45, 2.75) is 12.6 Å². The molecule has 27 heavy (non-hydrogen) atoms. The molecule has 4 nitrogen and oxygen atoms in total. The fourth-order valence-corrected chi connectivity index (χ4v) is 2.62. The van der Waals surface area contributed by atoms with Gasteiger partial charge < -0.3 is 10.1 Å². The van der Waals surface area contributed by atoms with Crippen molar-refractivity contribution >= 4 is 52.4 Å². The van der Waals surface area contributed by atoms with Crippen LogP contribution in [0.25, 0.3) is 0 Å².